The van der Waals surface area contributed by atoms with Crippen LogP contribution in [0.3, 0.4) is 0 Å². The summed E-state index contributed by atoms with van der Waals surface area (Å²) in [4.78, 5) is 53.5. The minimum absolute atomic E-state index is 0.219. The highest BCUT2D eigenvalue weighted by atomic mass is 79.9. The Morgan fingerprint density at radius 3 is 0.817 bits per heavy atom. The fourth-order valence-corrected chi connectivity index (χ4v) is 17.6. The standard InChI is InChI=1S/C42H16Br4N4O2S8/c43-17-1-5-21-29(13-17)57-39(47-21)53-25-9-10-26(54-40-48-22-6-2-18(44)14-30(22)58-40)34-33(25)37(51)35-27(55-41-49-23-7-3-19(45)15-31(23)59-41)11-12-28(36(35)38(34)52)56-42-50-24-8-4-20(46)16-32(24)60-42/h1-16H. The average molecular weight is 1180 g/mol. The quantitative estimate of drug-likeness (QED) is 0.147. The summed E-state index contributed by atoms with van der Waals surface area (Å²) in [5.41, 5.74) is 4.95. The highest BCUT2D eigenvalue weighted by molar-refractivity contribution is 9.11. The van der Waals surface area contributed by atoms with Crippen LogP contribution >= 0.6 is 156 Å². The van der Waals surface area contributed by atoms with Gasteiger partial charge in [-0.1, -0.05) is 111 Å². The number of benzene rings is 6. The molecule has 6 aromatic carbocycles. The zero-order valence-electron chi connectivity index (χ0n) is 29.6. The van der Waals surface area contributed by atoms with Crippen LogP contribution in [-0.4, -0.2) is 31.5 Å². The number of carbonyl (C=O) groups is 2. The minimum atomic E-state index is -0.219. The van der Waals surface area contributed by atoms with Crippen LogP contribution in [0.15, 0.2) is 152 Å². The monoisotopic (exact) mass is 1180 g/mol. The molecule has 4 aromatic heterocycles. The van der Waals surface area contributed by atoms with Gasteiger partial charge in [0.15, 0.2) is 28.9 Å². The van der Waals surface area contributed by atoms with Crippen LogP contribution in [0.4, 0.5) is 0 Å². The van der Waals surface area contributed by atoms with Crippen molar-refractivity contribution in [1.29, 1.82) is 0 Å². The van der Waals surface area contributed by atoms with E-state index in [0.717, 1.165) is 76.1 Å². The van der Waals surface area contributed by atoms with Crippen LogP contribution in [0, 0.1) is 0 Å². The molecule has 0 N–H and O–H groups in total. The SMILES string of the molecule is O=C1c2c(Sc3nc4ccc(Br)cc4s3)ccc(Sc3nc4ccc(Br)cc4s3)c2C(=O)c2c(Sc3nc4ccc(Br)cc4s3)ccc(Sc3nc4ccc(Br)cc4s3)c21. The predicted molar refractivity (Wildman–Crippen MR) is 266 cm³/mol. The van der Waals surface area contributed by atoms with Gasteiger partial charge in [-0.2, -0.15) is 0 Å². The van der Waals surface area contributed by atoms with Gasteiger partial charge in [0.2, 0.25) is 0 Å². The summed E-state index contributed by atoms with van der Waals surface area (Å²) in [5.74, 6) is -0.438. The molecule has 6 nitrogen and oxygen atoms in total. The van der Waals surface area contributed by atoms with Gasteiger partial charge < -0.3 is 0 Å². The molecule has 0 atom stereocenters. The van der Waals surface area contributed by atoms with Crippen LogP contribution in [0.5, 0.6) is 0 Å². The van der Waals surface area contributed by atoms with E-state index < -0.39 is 0 Å². The molecule has 1 aliphatic rings. The van der Waals surface area contributed by atoms with Gasteiger partial charge in [-0.15, -0.1) is 45.3 Å². The number of aromatic nitrogens is 4. The molecule has 11 rings (SSSR count). The maximum Gasteiger partial charge on any atom is 0.196 e. The number of halogens is 4. The molecule has 4 heterocycles. The van der Waals surface area contributed by atoms with Gasteiger partial charge in [-0.05, 0) is 97.1 Å². The Morgan fingerprint density at radius 1 is 0.350 bits per heavy atom. The van der Waals surface area contributed by atoms with Gasteiger partial charge in [0.05, 0.1) is 40.9 Å². The molecular formula is C42H16Br4N4O2S8. The second kappa shape index (κ2) is 16.3. The molecule has 1 aliphatic carbocycles. The largest absolute Gasteiger partial charge is 0.288 e. The fraction of sp³-hybridized carbons (Fsp3) is 0. The van der Waals surface area contributed by atoms with Crippen molar-refractivity contribution in [3.63, 3.8) is 0 Å². The third kappa shape index (κ3) is 7.59. The second-order valence-corrected chi connectivity index (χ2v) is 26.0. The van der Waals surface area contributed by atoms with E-state index in [9.17, 15) is 0 Å². The van der Waals surface area contributed by atoms with Crippen molar-refractivity contribution in [2.24, 2.45) is 0 Å². The number of carbonyl (C=O) groups excluding carboxylic acids is 2. The van der Waals surface area contributed by atoms with E-state index in [1.54, 1.807) is 45.3 Å². The lowest BCUT2D eigenvalue weighted by molar-refractivity contribution is 0.0970. The average Bonchev–Trinajstić information content (AvgIpc) is 4.01. The zero-order chi connectivity index (χ0) is 40.8. The molecule has 0 unspecified atom stereocenters. The molecule has 0 radical (unpaired) electrons. The first-order valence-corrected chi connectivity index (χ1v) is 27.2. The summed E-state index contributed by atoms with van der Waals surface area (Å²) in [5, 5.41) is 0. The number of nitrogens with zero attached hydrogens (tertiary/aromatic N) is 4. The molecule has 18 heteroatoms. The second-order valence-electron chi connectivity index (χ2n) is 13.1. The third-order valence-electron chi connectivity index (χ3n) is 9.28. The Morgan fingerprint density at radius 2 is 0.583 bits per heavy atom. The Balaban J connectivity index is 1.09. The van der Waals surface area contributed by atoms with Gasteiger partial charge >= 0.3 is 0 Å². The van der Waals surface area contributed by atoms with E-state index in [1.807, 2.05) is 97.1 Å². The van der Waals surface area contributed by atoms with Crippen LogP contribution in [-0.2, 0) is 0 Å². The summed E-state index contributed by atoms with van der Waals surface area (Å²) in [6.45, 7) is 0. The Bertz CT molecular complexity index is 3020. The fourth-order valence-electron chi connectivity index (χ4n) is 6.68. The van der Waals surface area contributed by atoms with Crippen molar-refractivity contribution >= 4 is 209 Å². The normalized spacial score (nSPS) is 12.7. The molecule has 0 amide bonds. The number of fused-ring (bicyclic) bond motifs is 6. The highest BCUT2D eigenvalue weighted by Gasteiger charge is 2.39. The van der Waals surface area contributed by atoms with Crippen molar-refractivity contribution in [3.05, 3.63) is 137 Å². The van der Waals surface area contributed by atoms with Gasteiger partial charge in [0.25, 0.3) is 0 Å². The highest BCUT2D eigenvalue weighted by Crippen LogP contribution is 2.50. The van der Waals surface area contributed by atoms with E-state index in [0.29, 0.717) is 41.8 Å². The lowest BCUT2D eigenvalue weighted by Gasteiger charge is -2.25. The summed E-state index contributed by atoms with van der Waals surface area (Å²) < 4.78 is 11.0. The first-order chi connectivity index (χ1) is 29.1. The van der Waals surface area contributed by atoms with Crippen LogP contribution in [0.2, 0.25) is 0 Å². The van der Waals surface area contributed by atoms with Crippen molar-refractivity contribution in [2.45, 2.75) is 36.9 Å². The maximum atomic E-state index is 15.6. The van der Waals surface area contributed by atoms with Gasteiger partial charge in [0, 0.05) is 59.7 Å². The van der Waals surface area contributed by atoms with Crippen LogP contribution in [0.25, 0.3) is 40.9 Å². The van der Waals surface area contributed by atoms with E-state index >= 15 is 9.59 Å². The van der Waals surface area contributed by atoms with E-state index in [2.05, 4.69) is 63.7 Å². The molecule has 292 valence electrons. The summed E-state index contributed by atoms with van der Waals surface area (Å²) in [6.07, 6.45) is 0. The number of ketones is 2. The number of rotatable bonds is 8. The van der Waals surface area contributed by atoms with Gasteiger partial charge in [-0.3, -0.25) is 9.59 Å². The number of hydrogen-bond acceptors (Lipinski definition) is 14. The van der Waals surface area contributed by atoms with E-state index in [-0.39, 0.29) is 11.6 Å². The van der Waals surface area contributed by atoms with Gasteiger partial charge in [-0.25, -0.2) is 19.9 Å². The molecule has 0 saturated carbocycles. The summed E-state index contributed by atoms with van der Waals surface area (Å²) in [7, 11) is 0. The van der Waals surface area contributed by atoms with E-state index in [4.69, 9.17) is 19.9 Å². The molecule has 0 fully saturated rings. The van der Waals surface area contributed by atoms with Crippen LogP contribution in [0.1, 0.15) is 31.8 Å². The molecule has 60 heavy (non-hydrogen) atoms. The van der Waals surface area contributed by atoms with Crippen molar-refractivity contribution in [1.82, 2.24) is 19.9 Å². The molecule has 10 aromatic rings. The maximum absolute atomic E-state index is 15.6. The van der Waals surface area contributed by atoms with Crippen molar-refractivity contribution in [2.75, 3.05) is 0 Å². The summed E-state index contributed by atoms with van der Waals surface area (Å²) >= 11 is 26.2. The zero-order valence-corrected chi connectivity index (χ0v) is 42.5. The number of thiazole rings is 4. The Hall–Kier alpha value is -2.46. The molecule has 0 spiro atoms. The molecular weight excluding hydrogens is 1170 g/mol. The lowest BCUT2D eigenvalue weighted by atomic mass is 9.84. The van der Waals surface area contributed by atoms with Crippen molar-refractivity contribution in [3.8, 4) is 0 Å². The first kappa shape index (κ1) is 40.3. The molecule has 0 saturated heterocycles. The Kier molecular flexibility index (Phi) is 10.9. The molecule has 0 aliphatic heterocycles. The smallest absolute Gasteiger partial charge is 0.196 e. The first-order valence-electron chi connectivity index (χ1n) is 17.5. The number of hydrogen-bond donors (Lipinski definition) is 0. The minimum Gasteiger partial charge on any atom is -0.288 e. The van der Waals surface area contributed by atoms with Crippen LogP contribution < -0.4 is 0 Å². The van der Waals surface area contributed by atoms with Gasteiger partial charge in [0.1, 0.15) is 0 Å². The topological polar surface area (TPSA) is 85.7 Å². The predicted octanol–water partition coefficient (Wildman–Crippen LogP) is 16.6. The van der Waals surface area contributed by atoms with E-state index in [1.165, 1.54) is 47.0 Å². The third-order valence-corrected chi connectivity index (χ3v) is 19.8. The summed E-state index contributed by atoms with van der Waals surface area (Å²) in [6, 6.07) is 31.7. The van der Waals surface area contributed by atoms with Crippen molar-refractivity contribution < 1.29 is 9.59 Å². The molecule has 0 bridgehead atoms. The Labute approximate surface area is 407 Å². The lowest BCUT2D eigenvalue weighted by Crippen LogP contribution is -2.24.